The summed E-state index contributed by atoms with van der Waals surface area (Å²) < 4.78 is 0. The predicted molar refractivity (Wildman–Crippen MR) is 84.7 cm³/mol. The van der Waals surface area contributed by atoms with Crippen molar-refractivity contribution in [2.45, 2.75) is 45.4 Å². The van der Waals surface area contributed by atoms with E-state index in [0.29, 0.717) is 17.8 Å². The second-order valence-electron chi connectivity index (χ2n) is 5.03. The highest BCUT2D eigenvalue weighted by Gasteiger charge is 2.07. The lowest BCUT2D eigenvalue weighted by Gasteiger charge is -2.08. The Morgan fingerprint density at radius 3 is 2.09 bits per heavy atom. The molecule has 0 aliphatic heterocycles. The number of unbranched alkanes of at least 4 members (excludes halogenated alkanes) is 2. The molecule has 0 unspecified atom stereocenters. The molecule has 1 aromatic carbocycles. The zero-order valence-corrected chi connectivity index (χ0v) is 12.7. The molecule has 1 aromatic rings. The van der Waals surface area contributed by atoms with Crippen molar-refractivity contribution in [1.82, 2.24) is 0 Å². The fourth-order valence-electron chi connectivity index (χ4n) is 1.88. The van der Waals surface area contributed by atoms with Crippen LogP contribution in [0, 0.1) is 0 Å². The first-order chi connectivity index (χ1) is 10.5. The minimum Gasteiger partial charge on any atom is -0.481 e. The summed E-state index contributed by atoms with van der Waals surface area (Å²) in [5, 5.41) is 13.9. The van der Waals surface area contributed by atoms with E-state index in [0.717, 1.165) is 19.3 Å². The summed E-state index contributed by atoms with van der Waals surface area (Å²) in [7, 11) is 0. The number of nitrogens with one attached hydrogen (secondary N) is 2. The van der Waals surface area contributed by atoms with Crippen molar-refractivity contribution in [3.05, 3.63) is 24.3 Å². The third-order valence-corrected chi connectivity index (χ3v) is 3.00. The predicted octanol–water partition coefficient (Wildman–Crippen LogP) is 3.01. The van der Waals surface area contributed by atoms with Gasteiger partial charge in [-0.2, -0.15) is 0 Å². The van der Waals surface area contributed by atoms with E-state index >= 15 is 0 Å². The van der Waals surface area contributed by atoms with Crippen molar-refractivity contribution in [2.75, 3.05) is 10.6 Å². The molecule has 0 radical (unpaired) electrons. The second kappa shape index (κ2) is 9.55. The van der Waals surface area contributed by atoms with E-state index in [9.17, 15) is 14.4 Å². The van der Waals surface area contributed by atoms with Crippen LogP contribution in [0.3, 0.4) is 0 Å². The Labute approximate surface area is 129 Å². The molecule has 3 N–H and O–H groups in total. The number of carbonyl (C=O) groups excluding carboxylic acids is 2. The Bertz CT molecular complexity index is 529. The quantitative estimate of drug-likeness (QED) is 0.611. The van der Waals surface area contributed by atoms with E-state index in [1.165, 1.54) is 0 Å². The first-order valence-corrected chi connectivity index (χ1v) is 7.43. The molecule has 0 aliphatic carbocycles. The van der Waals surface area contributed by atoms with Crippen LogP contribution >= 0.6 is 0 Å². The van der Waals surface area contributed by atoms with Gasteiger partial charge in [0.2, 0.25) is 11.8 Å². The highest BCUT2D eigenvalue weighted by Crippen LogP contribution is 2.16. The van der Waals surface area contributed by atoms with Crippen molar-refractivity contribution in [1.29, 1.82) is 0 Å². The van der Waals surface area contributed by atoms with Gasteiger partial charge in [-0.15, -0.1) is 0 Å². The number of benzene rings is 1. The van der Waals surface area contributed by atoms with E-state index < -0.39 is 5.97 Å². The van der Waals surface area contributed by atoms with Crippen LogP contribution in [-0.2, 0) is 14.4 Å². The maximum absolute atomic E-state index is 11.7. The molecule has 0 aromatic heterocycles. The monoisotopic (exact) mass is 306 g/mol. The van der Waals surface area contributed by atoms with Gasteiger partial charge in [0, 0.05) is 24.2 Å². The molecular weight excluding hydrogens is 284 g/mol. The number of carbonyl (C=O) groups is 3. The standard InChI is InChI=1S/C16H22N2O4/c1-2-3-4-8-14(19)17-12-6-5-7-13(11-12)18-15(20)9-10-16(21)22/h5-7,11H,2-4,8-10H2,1H3,(H,17,19)(H,18,20)(H,21,22). The Balaban J connectivity index is 2.49. The highest BCUT2D eigenvalue weighted by molar-refractivity contribution is 5.94. The van der Waals surface area contributed by atoms with Crippen LogP contribution in [0.5, 0.6) is 0 Å². The van der Waals surface area contributed by atoms with E-state index in [4.69, 9.17) is 5.11 Å². The fraction of sp³-hybridized carbons (Fsp3) is 0.438. The van der Waals surface area contributed by atoms with Gasteiger partial charge in [0.25, 0.3) is 0 Å². The van der Waals surface area contributed by atoms with E-state index in [1.807, 2.05) is 0 Å². The molecule has 22 heavy (non-hydrogen) atoms. The van der Waals surface area contributed by atoms with Crippen LogP contribution in [0.15, 0.2) is 24.3 Å². The lowest BCUT2D eigenvalue weighted by Crippen LogP contribution is -2.14. The maximum Gasteiger partial charge on any atom is 0.303 e. The number of aliphatic carboxylic acids is 1. The first kappa shape index (κ1) is 17.7. The molecule has 0 atom stereocenters. The Morgan fingerprint density at radius 2 is 1.55 bits per heavy atom. The average Bonchev–Trinajstić information content (AvgIpc) is 2.46. The lowest BCUT2D eigenvalue weighted by atomic mass is 10.2. The van der Waals surface area contributed by atoms with E-state index in [-0.39, 0.29) is 24.7 Å². The van der Waals surface area contributed by atoms with Gasteiger partial charge in [-0.1, -0.05) is 25.8 Å². The summed E-state index contributed by atoms with van der Waals surface area (Å²) in [6.07, 6.45) is 3.12. The topological polar surface area (TPSA) is 95.5 Å². The number of amides is 2. The van der Waals surface area contributed by atoms with Crippen LogP contribution in [0.1, 0.15) is 45.4 Å². The molecular formula is C16H22N2O4. The normalized spacial score (nSPS) is 10.0. The molecule has 0 saturated heterocycles. The summed E-state index contributed by atoms with van der Waals surface area (Å²) in [5.41, 5.74) is 1.14. The molecule has 1 rings (SSSR count). The van der Waals surface area contributed by atoms with Gasteiger partial charge in [-0.3, -0.25) is 14.4 Å². The number of rotatable bonds is 9. The smallest absolute Gasteiger partial charge is 0.303 e. The number of carboxylic acid groups (broad SMARTS) is 1. The summed E-state index contributed by atoms with van der Waals surface area (Å²) >= 11 is 0. The van der Waals surface area contributed by atoms with Crippen LogP contribution < -0.4 is 10.6 Å². The largest absolute Gasteiger partial charge is 0.481 e. The van der Waals surface area contributed by atoms with E-state index in [1.54, 1.807) is 24.3 Å². The molecule has 6 nitrogen and oxygen atoms in total. The van der Waals surface area contributed by atoms with Crippen molar-refractivity contribution in [2.24, 2.45) is 0 Å². The van der Waals surface area contributed by atoms with Crippen molar-refractivity contribution in [3.63, 3.8) is 0 Å². The third-order valence-electron chi connectivity index (χ3n) is 3.00. The second-order valence-corrected chi connectivity index (χ2v) is 5.03. The lowest BCUT2D eigenvalue weighted by molar-refractivity contribution is -0.138. The van der Waals surface area contributed by atoms with Gasteiger partial charge in [0.1, 0.15) is 0 Å². The first-order valence-electron chi connectivity index (χ1n) is 7.43. The van der Waals surface area contributed by atoms with Gasteiger partial charge in [0.05, 0.1) is 6.42 Å². The third kappa shape index (κ3) is 7.42. The minimum atomic E-state index is -1.01. The summed E-state index contributed by atoms with van der Waals surface area (Å²) in [6.45, 7) is 2.08. The number of hydrogen-bond donors (Lipinski definition) is 3. The molecule has 0 bridgehead atoms. The van der Waals surface area contributed by atoms with Crippen molar-refractivity contribution >= 4 is 29.2 Å². The average molecular weight is 306 g/mol. The van der Waals surface area contributed by atoms with Crippen LogP contribution in [0.4, 0.5) is 11.4 Å². The molecule has 0 saturated carbocycles. The molecule has 0 fully saturated rings. The maximum atomic E-state index is 11.7. The zero-order valence-electron chi connectivity index (χ0n) is 12.7. The number of carboxylic acids is 1. The van der Waals surface area contributed by atoms with Gasteiger partial charge in [-0.05, 0) is 24.6 Å². The van der Waals surface area contributed by atoms with Gasteiger partial charge in [-0.25, -0.2) is 0 Å². The molecule has 120 valence electrons. The van der Waals surface area contributed by atoms with Crippen LogP contribution in [0.25, 0.3) is 0 Å². The summed E-state index contributed by atoms with van der Waals surface area (Å²) in [4.78, 5) is 33.7. The zero-order chi connectivity index (χ0) is 16.4. The molecule has 0 heterocycles. The molecule has 0 aliphatic rings. The number of hydrogen-bond acceptors (Lipinski definition) is 3. The Hall–Kier alpha value is -2.37. The highest BCUT2D eigenvalue weighted by atomic mass is 16.4. The number of anilines is 2. The van der Waals surface area contributed by atoms with Crippen molar-refractivity contribution in [3.8, 4) is 0 Å². The molecule has 0 spiro atoms. The van der Waals surface area contributed by atoms with Gasteiger partial charge >= 0.3 is 5.97 Å². The van der Waals surface area contributed by atoms with Gasteiger partial charge < -0.3 is 15.7 Å². The van der Waals surface area contributed by atoms with Crippen LogP contribution in [0.2, 0.25) is 0 Å². The minimum absolute atomic E-state index is 0.0530. The van der Waals surface area contributed by atoms with Crippen molar-refractivity contribution < 1.29 is 19.5 Å². The van der Waals surface area contributed by atoms with E-state index in [2.05, 4.69) is 17.6 Å². The molecule has 6 heteroatoms. The molecule has 2 amide bonds. The summed E-state index contributed by atoms with van der Waals surface area (Å²) in [6, 6.07) is 6.79. The SMILES string of the molecule is CCCCCC(=O)Nc1cccc(NC(=O)CCC(=O)O)c1. The summed E-state index contributed by atoms with van der Waals surface area (Å²) in [5.74, 6) is -1.43. The van der Waals surface area contributed by atoms with Gasteiger partial charge in [0.15, 0.2) is 0 Å². The van der Waals surface area contributed by atoms with Crippen LogP contribution in [-0.4, -0.2) is 22.9 Å². The fourth-order valence-corrected chi connectivity index (χ4v) is 1.88. The Kier molecular flexibility index (Phi) is 7.67. The Morgan fingerprint density at radius 1 is 0.955 bits per heavy atom.